The summed E-state index contributed by atoms with van der Waals surface area (Å²) in [7, 11) is 0. The van der Waals surface area contributed by atoms with Crippen molar-refractivity contribution in [2.75, 3.05) is 11.9 Å². The molecule has 1 N–H and O–H groups in total. The van der Waals surface area contributed by atoms with Crippen molar-refractivity contribution >= 4 is 11.7 Å². The second kappa shape index (κ2) is 5.90. The van der Waals surface area contributed by atoms with E-state index in [2.05, 4.69) is 5.32 Å². The SMILES string of the molecule is CCOC(=O)/C=C(\C)Nc1ccc(F)cc1. The quantitative estimate of drug-likeness (QED) is 0.630. The highest BCUT2D eigenvalue weighted by molar-refractivity contribution is 5.83. The van der Waals surface area contributed by atoms with Crippen LogP contribution < -0.4 is 5.32 Å². The number of allylic oxidation sites excluding steroid dienone is 1. The lowest BCUT2D eigenvalue weighted by Gasteiger charge is -2.06. The summed E-state index contributed by atoms with van der Waals surface area (Å²) in [4.78, 5) is 11.1. The molecule has 4 heteroatoms. The Kier molecular flexibility index (Phi) is 4.51. The van der Waals surface area contributed by atoms with Gasteiger partial charge in [0.15, 0.2) is 0 Å². The van der Waals surface area contributed by atoms with Crippen LogP contribution in [0, 0.1) is 5.82 Å². The van der Waals surface area contributed by atoms with Crippen molar-refractivity contribution in [3.8, 4) is 0 Å². The van der Waals surface area contributed by atoms with Crippen molar-refractivity contribution in [2.45, 2.75) is 13.8 Å². The fraction of sp³-hybridized carbons (Fsp3) is 0.250. The zero-order valence-electron chi connectivity index (χ0n) is 9.29. The third kappa shape index (κ3) is 4.13. The number of benzene rings is 1. The number of rotatable bonds is 4. The molecule has 1 aromatic rings. The summed E-state index contributed by atoms with van der Waals surface area (Å²) in [5.41, 5.74) is 1.37. The zero-order valence-corrected chi connectivity index (χ0v) is 9.29. The Bertz CT molecular complexity index is 385. The Labute approximate surface area is 93.9 Å². The van der Waals surface area contributed by atoms with Crippen molar-refractivity contribution in [3.05, 3.63) is 41.9 Å². The van der Waals surface area contributed by atoms with Crippen molar-refractivity contribution in [3.63, 3.8) is 0 Å². The number of carbonyl (C=O) groups is 1. The third-order valence-electron chi connectivity index (χ3n) is 1.81. The van der Waals surface area contributed by atoms with Crippen molar-refractivity contribution in [1.82, 2.24) is 0 Å². The van der Waals surface area contributed by atoms with Crippen LogP contribution in [0.25, 0.3) is 0 Å². The van der Waals surface area contributed by atoms with Gasteiger partial charge in [-0.05, 0) is 38.1 Å². The van der Waals surface area contributed by atoms with Crippen LogP contribution in [0.2, 0.25) is 0 Å². The molecule has 3 nitrogen and oxygen atoms in total. The molecule has 1 aromatic carbocycles. The van der Waals surface area contributed by atoms with Crippen LogP contribution in [0.5, 0.6) is 0 Å². The molecule has 0 amide bonds. The van der Waals surface area contributed by atoms with Gasteiger partial charge in [0, 0.05) is 17.5 Å². The van der Waals surface area contributed by atoms with Crippen LogP contribution in [0.3, 0.4) is 0 Å². The highest BCUT2D eigenvalue weighted by Gasteiger charge is 1.98. The van der Waals surface area contributed by atoms with Gasteiger partial charge in [0.2, 0.25) is 0 Å². The predicted octanol–water partition coefficient (Wildman–Crippen LogP) is 2.70. The number of anilines is 1. The number of hydrogen-bond donors (Lipinski definition) is 1. The molecule has 0 aliphatic rings. The Hall–Kier alpha value is -1.84. The molecule has 16 heavy (non-hydrogen) atoms. The Morgan fingerprint density at radius 3 is 2.62 bits per heavy atom. The van der Waals surface area contributed by atoms with Gasteiger partial charge < -0.3 is 10.1 Å². The second-order valence-electron chi connectivity index (χ2n) is 3.21. The van der Waals surface area contributed by atoms with E-state index in [9.17, 15) is 9.18 Å². The molecule has 0 atom stereocenters. The summed E-state index contributed by atoms with van der Waals surface area (Å²) < 4.78 is 17.4. The molecule has 0 saturated carbocycles. The first-order chi connectivity index (χ1) is 7.61. The van der Waals surface area contributed by atoms with Gasteiger partial charge >= 0.3 is 5.97 Å². The summed E-state index contributed by atoms with van der Waals surface area (Å²) in [5, 5.41) is 2.95. The first-order valence-corrected chi connectivity index (χ1v) is 4.99. The number of carbonyl (C=O) groups excluding carboxylic acids is 1. The number of nitrogens with one attached hydrogen (secondary N) is 1. The summed E-state index contributed by atoms with van der Waals surface area (Å²) in [5.74, 6) is -0.688. The highest BCUT2D eigenvalue weighted by Crippen LogP contribution is 2.10. The molecule has 0 fully saturated rings. The molecule has 0 bridgehead atoms. The van der Waals surface area contributed by atoms with Crippen LogP contribution in [0.4, 0.5) is 10.1 Å². The van der Waals surface area contributed by atoms with E-state index in [1.165, 1.54) is 18.2 Å². The third-order valence-corrected chi connectivity index (χ3v) is 1.81. The minimum absolute atomic E-state index is 0.294. The average molecular weight is 223 g/mol. The normalized spacial score (nSPS) is 11.1. The lowest BCUT2D eigenvalue weighted by molar-refractivity contribution is -0.137. The summed E-state index contributed by atoms with van der Waals surface area (Å²) >= 11 is 0. The zero-order chi connectivity index (χ0) is 12.0. The smallest absolute Gasteiger partial charge is 0.332 e. The van der Waals surface area contributed by atoms with E-state index in [1.54, 1.807) is 26.0 Å². The number of ether oxygens (including phenoxy) is 1. The molecule has 0 spiro atoms. The van der Waals surface area contributed by atoms with E-state index < -0.39 is 5.97 Å². The fourth-order valence-corrected chi connectivity index (χ4v) is 1.16. The molecule has 0 aliphatic carbocycles. The largest absolute Gasteiger partial charge is 0.463 e. The van der Waals surface area contributed by atoms with Crippen molar-refractivity contribution in [1.29, 1.82) is 0 Å². The molecular weight excluding hydrogens is 209 g/mol. The maximum atomic E-state index is 12.6. The van der Waals surface area contributed by atoms with Gasteiger partial charge in [-0.1, -0.05) is 0 Å². The maximum Gasteiger partial charge on any atom is 0.332 e. The topological polar surface area (TPSA) is 38.3 Å². The lowest BCUT2D eigenvalue weighted by atomic mass is 10.3. The first-order valence-electron chi connectivity index (χ1n) is 4.99. The van der Waals surface area contributed by atoms with Crippen LogP contribution in [-0.2, 0) is 9.53 Å². The van der Waals surface area contributed by atoms with Crippen molar-refractivity contribution in [2.24, 2.45) is 0 Å². The molecule has 1 rings (SSSR count). The van der Waals surface area contributed by atoms with Crippen LogP contribution in [-0.4, -0.2) is 12.6 Å². The molecule has 0 heterocycles. The Morgan fingerprint density at radius 2 is 2.06 bits per heavy atom. The highest BCUT2D eigenvalue weighted by atomic mass is 19.1. The number of esters is 1. The van der Waals surface area contributed by atoms with E-state index in [-0.39, 0.29) is 5.82 Å². The average Bonchev–Trinajstić information content (AvgIpc) is 2.21. The maximum absolute atomic E-state index is 12.6. The summed E-state index contributed by atoms with van der Waals surface area (Å²) in [6, 6.07) is 5.88. The van der Waals surface area contributed by atoms with E-state index in [0.717, 1.165) is 5.69 Å². The van der Waals surface area contributed by atoms with E-state index >= 15 is 0 Å². The molecular formula is C12H14FNO2. The van der Waals surface area contributed by atoms with Crippen LogP contribution >= 0.6 is 0 Å². The summed E-state index contributed by atoms with van der Waals surface area (Å²) in [6.45, 7) is 3.83. The minimum atomic E-state index is -0.394. The predicted molar refractivity (Wildman–Crippen MR) is 60.4 cm³/mol. The monoisotopic (exact) mass is 223 g/mol. The molecule has 0 radical (unpaired) electrons. The molecule has 0 aromatic heterocycles. The van der Waals surface area contributed by atoms with Crippen molar-refractivity contribution < 1.29 is 13.9 Å². The van der Waals surface area contributed by atoms with Gasteiger partial charge in [-0.3, -0.25) is 0 Å². The van der Waals surface area contributed by atoms with Gasteiger partial charge in [0.05, 0.1) is 6.61 Å². The summed E-state index contributed by atoms with van der Waals surface area (Å²) in [6.07, 6.45) is 1.35. The first kappa shape index (κ1) is 12.2. The molecule has 86 valence electrons. The van der Waals surface area contributed by atoms with Crippen LogP contribution in [0.15, 0.2) is 36.0 Å². The molecule has 0 unspecified atom stereocenters. The number of halogens is 1. The van der Waals surface area contributed by atoms with Gasteiger partial charge in [0.25, 0.3) is 0 Å². The minimum Gasteiger partial charge on any atom is -0.463 e. The molecule has 0 aliphatic heterocycles. The van der Waals surface area contributed by atoms with Gasteiger partial charge in [-0.2, -0.15) is 0 Å². The lowest BCUT2D eigenvalue weighted by Crippen LogP contribution is -2.04. The fourth-order valence-electron chi connectivity index (χ4n) is 1.16. The van der Waals surface area contributed by atoms with Crippen LogP contribution in [0.1, 0.15) is 13.8 Å². The Morgan fingerprint density at radius 1 is 1.44 bits per heavy atom. The van der Waals surface area contributed by atoms with Gasteiger partial charge in [-0.15, -0.1) is 0 Å². The van der Waals surface area contributed by atoms with Gasteiger partial charge in [0.1, 0.15) is 5.82 Å². The van der Waals surface area contributed by atoms with E-state index in [4.69, 9.17) is 4.74 Å². The second-order valence-corrected chi connectivity index (χ2v) is 3.21. The van der Waals surface area contributed by atoms with E-state index in [1.807, 2.05) is 0 Å². The number of hydrogen-bond acceptors (Lipinski definition) is 3. The standard InChI is InChI=1S/C12H14FNO2/c1-3-16-12(15)8-9(2)14-11-6-4-10(13)5-7-11/h4-8,14H,3H2,1-2H3/b9-8+. The Balaban J connectivity index is 2.60. The molecule has 0 saturated heterocycles. The van der Waals surface area contributed by atoms with E-state index in [0.29, 0.717) is 12.3 Å². The van der Waals surface area contributed by atoms with Gasteiger partial charge in [-0.25, -0.2) is 9.18 Å².